The number of fused-ring (bicyclic) bond motifs is 1. The molecule has 0 aliphatic rings. The Labute approximate surface area is 73.7 Å². The zero-order valence-corrected chi connectivity index (χ0v) is 6.68. The number of hydrogen-bond acceptors (Lipinski definition) is 4. The van der Waals surface area contributed by atoms with Crippen molar-refractivity contribution in [3.8, 4) is 0 Å². The Balaban J connectivity index is 2.56. The molecule has 13 heavy (non-hydrogen) atoms. The summed E-state index contributed by atoms with van der Waals surface area (Å²) >= 11 is 0. The Kier molecular flexibility index (Phi) is 1.71. The largest absolute Gasteiger partial charge is 0.377 e. The molecule has 5 nitrogen and oxygen atoms in total. The molecule has 0 fully saturated rings. The number of nitrogens with zero attached hydrogens (tertiary/aromatic N) is 2. The van der Waals surface area contributed by atoms with Gasteiger partial charge in [-0.2, -0.15) is 5.90 Å². The smallest absolute Gasteiger partial charge is 0.368 e. The van der Waals surface area contributed by atoms with Gasteiger partial charge in [-0.05, 0) is 12.1 Å². The van der Waals surface area contributed by atoms with E-state index in [1.165, 1.54) is 0 Å². The maximum Gasteiger partial charge on any atom is 0.377 e. The van der Waals surface area contributed by atoms with Crippen LogP contribution >= 0.6 is 0 Å². The van der Waals surface area contributed by atoms with Gasteiger partial charge in [0.05, 0.1) is 0 Å². The van der Waals surface area contributed by atoms with Crippen LogP contribution < -0.4 is 5.90 Å². The molecule has 0 aromatic carbocycles. The molecule has 2 heterocycles. The van der Waals surface area contributed by atoms with Gasteiger partial charge in [-0.3, -0.25) is 0 Å². The summed E-state index contributed by atoms with van der Waals surface area (Å²) in [7, 11) is 0. The molecule has 0 bridgehead atoms. The highest BCUT2D eigenvalue weighted by Crippen LogP contribution is 2.04. The number of rotatable bonds is 1. The van der Waals surface area contributed by atoms with E-state index >= 15 is 0 Å². The maximum absolute atomic E-state index is 11.0. The Morgan fingerprint density at radius 3 is 3.08 bits per heavy atom. The lowest BCUT2D eigenvalue weighted by Crippen LogP contribution is -2.10. The van der Waals surface area contributed by atoms with Crippen molar-refractivity contribution in [1.29, 1.82) is 0 Å². The van der Waals surface area contributed by atoms with E-state index in [2.05, 4.69) is 9.82 Å². The highest BCUT2D eigenvalue weighted by atomic mass is 16.7. The van der Waals surface area contributed by atoms with Crippen LogP contribution in [-0.4, -0.2) is 15.4 Å². The van der Waals surface area contributed by atoms with E-state index in [0.717, 1.165) is 0 Å². The van der Waals surface area contributed by atoms with Crippen LogP contribution in [0.1, 0.15) is 10.5 Å². The third kappa shape index (κ3) is 1.25. The molecule has 0 saturated carbocycles. The highest BCUT2D eigenvalue weighted by Gasteiger charge is 2.09. The SMILES string of the molecule is NOC(=O)c1cn2ccccc2n1. The molecule has 0 atom stereocenters. The van der Waals surface area contributed by atoms with Crippen molar-refractivity contribution >= 4 is 11.6 Å². The highest BCUT2D eigenvalue weighted by molar-refractivity contribution is 5.87. The number of pyridine rings is 1. The predicted molar refractivity (Wildman–Crippen MR) is 44.8 cm³/mol. The van der Waals surface area contributed by atoms with E-state index in [1.807, 2.05) is 12.1 Å². The quantitative estimate of drug-likeness (QED) is 0.638. The first-order valence-electron chi connectivity index (χ1n) is 3.66. The van der Waals surface area contributed by atoms with Crippen LogP contribution in [0.5, 0.6) is 0 Å². The molecule has 66 valence electrons. The fourth-order valence-corrected chi connectivity index (χ4v) is 1.09. The van der Waals surface area contributed by atoms with Crippen LogP contribution in [0.15, 0.2) is 30.6 Å². The van der Waals surface area contributed by atoms with Crippen molar-refractivity contribution in [2.24, 2.45) is 5.90 Å². The summed E-state index contributed by atoms with van der Waals surface area (Å²) in [5.74, 6) is 4.09. The molecule has 2 rings (SSSR count). The fourth-order valence-electron chi connectivity index (χ4n) is 1.09. The molecule has 0 aliphatic heterocycles. The topological polar surface area (TPSA) is 69.6 Å². The first-order chi connectivity index (χ1) is 6.31. The maximum atomic E-state index is 11.0. The molecule has 2 aromatic rings. The van der Waals surface area contributed by atoms with E-state index in [9.17, 15) is 4.79 Å². The molecular weight excluding hydrogens is 170 g/mol. The first kappa shape index (κ1) is 7.75. The van der Waals surface area contributed by atoms with Crippen LogP contribution in [0.2, 0.25) is 0 Å². The zero-order valence-electron chi connectivity index (χ0n) is 6.68. The molecule has 2 aromatic heterocycles. The van der Waals surface area contributed by atoms with Crippen molar-refractivity contribution in [2.45, 2.75) is 0 Å². The standard InChI is InChI=1S/C8H7N3O2/c9-13-8(12)6-5-11-4-2-1-3-7(11)10-6/h1-5H,9H2. The van der Waals surface area contributed by atoms with E-state index in [4.69, 9.17) is 5.90 Å². The van der Waals surface area contributed by atoms with E-state index in [-0.39, 0.29) is 5.69 Å². The number of carbonyl (C=O) groups is 1. The second kappa shape index (κ2) is 2.87. The van der Waals surface area contributed by atoms with Gasteiger partial charge in [0.1, 0.15) is 5.65 Å². The normalized spacial score (nSPS) is 10.2. The molecule has 0 saturated heterocycles. The predicted octanol–water partition coefficient (Wildman–Crippen LogP) is 0.365. The summed E-state index contributed by atoms with van der Waals surface area (Å²) in [5.41, 5.74) is 0.886. The Morgan fingerprint density at radius 1 is 1.54 bits per heavy atom. The summed E-state index contributed by atoms with van der Waals surface area (Å²) in [6.07, 6.45) is 3.35. The summed E-state index contributed by atoms with van der Waals surface area (Å²) in [6, 6.07) is 5.46. The molecular formula is C8H7N3O2. The summed E-state index contributed by atoms with van der Waals surface area (Å²) in [4.78, 5) is 19.0. The minimum atomic E-state index is -0.635. The van der Waals surface area contributed by atoms with Crippen molar-refractivity contribution in [2.75, 3.05) is 0 Å². The number of nitrogens with two attached hydrogens (primary N) is 1. The van der Waals surface area contributed by atoms with Crippen LogP contribution in [-0.2, 0) is 4.84 Å². The molecule has 5 heteroatoms. The van der Waals surface area contributed by atoms with Gasteiger partial charge < -0.3 is 9.24 Å². The lowest BCUT2D eigenvalue weighted by Gasteiger charge is -1.88. The summed E-state index contributed by atoms with van der Waals surface area (Å²) in [6.45, 7) is 0. The molecule has 0 radical (unpaired) electrons. The fraction of sp³-hybridized carbons (Fsp3) is 0. The van der Waals surface area contributed by atoms with Crippen LogP contribution in [0, 0.1) is 0 Å². The minimum absolute atomic E-state index is 0.203. The Morgan fingerprint density at radius 2 is 2.38 bits per heavy atom. The third-order valence-electron chi connectivity index (χ3n) is 1.68. The van der Waals surface area contributed by atoms with Gasteiger partial charge in [0.2, 0.25) is 0 Å². The average Bonchev–Trinajstić information content (AvgIpc) is 2.59. The molecule has 2 N–H and O–H groups in total. The lowest BCUT2D eigenvalue weighted by atomic mass is 10.5. The Hall–Kier alpha value is -1.88. The monoisotopic (exact) mass is 177 g/mol. The number of carbonyl (C=O) groups excluding carboxylic acids is 1. The van der Waals surface area contributed by atoms with Gasteiger partial charge >= 0.3 is 5.97 Å². The van der Waals surface area contributed by atoms with Gasteiger partial charge in [0, 0.05) is 12.4 Å². The second-order valence-corrected chi connectivity index (χ2v) is 2.50. The minimum Gasteiger partial charge on any atom is -0.368 e. The van der Waals surface area contributed by atoms with Crippen molar-refractivity contribution in [3.63, 3.8) is 0 Å². The van der Waals surface area contributed by atoms with E-state index < -0.39 is 5.97 Å². The second-order valence-electron chi connectivity index (χ2n) is 2.50. The summed E-state index contributed by atoms with van der Waals surface area (Å²) in [5, 5.41) is 0. The van der Waals surface area contributed by atoms with Crippen LogP contribution in [0.25, 0.3) is 5.65 Å². The van der Waals surface area contributed by atoms with Crippen molar-refractivity contribution in [3.05, 3.63) is 36.3 Å². The number of imidazole rings is 1. The van der Waals surface area contributed by atoms with Gasteiger partial charge in [-0.15, -0.1) is 0 Å². The number of hydrogen-bond donors (Lipinski definition) is 1. The van der Waals surface area contributed by atoms with Crippen LogP contribution in [0.4, 0.5) is 0 Å². The average molecular weight is 177 g/mol. The van der Waals surface area contributed by atoms with Gasteiger partial charge in [0.25, 0.3) is 0 Å². The van der Waals surface area contributed by atoms with E-state index in [0.29, 0.717) is 5.65 Å². The van der Waals surface area contributed by atoms with Gasteiger partial charge in [0.15, 0.2) is 5.69 Å². The van der Waals surface area contributed by atoms with Crippen molar-refractivity contribution in [1.82, 2.24) is 9.38 Å². The van der Waals surface area contributed by atoms with Crippen LogP contribution in [0.3, 0.4) is 0 Å². The van der Waals surface area contributed by atoms with Crippen molar-refractivity contribution < 1.29 is 9.63 Å². The lowest BCUT2D eigenvalue weighted by molar-refractivity contribution is 0.0497. The summed E-state index contributed by atoms with van der Waals surface area (Å²) < 4.78 is 1.71. The molecule has 0 amide bonds. The molecule has 0 spiro atoms. The zero-order chi connectivity index (χ0) is 9.26. The van der Waals surface area contributed by atoms with Gasteiger partial charge in [-0.1, -0.05) is 6.07 Å². The van der Waals surface area contributed by atoms with Gasteiger partial charge in [-0.25, -0.2) is 9.78 Å². The first-order valence-corrected chi connectivity index (χ1v) is 3.66. The Bertz CT molecular complexity index is 416. The molecule has 0 aliphatic carbocycles. The van der Waals surface area contributed by atoms with E-state index in [1.54, 1.807) is 22.9 Å². The number of aromatic nitrogens is 2. The third-order valence-corrected chi connectivity index (χ3v) is 1.68. The molecule has 0 unspecified atom stereocenters.